The molecule has 1 fully saturated rings. The van der Waals surface area contributed by atoms with E-state index in [0.29, 0.717) is 32.5 Å². The first-order valence-corrected chi connectivity index (χ1v) is 7.75. The number of hydrogen-bond donors (Lipinski definition) is 3. The van der Waals surface area contributed by atoms with Crippen LogP contribution < -0.4 is 16.4 Å². The normalized spacial score (nSPS) is 16.6. The summed E-state index contributed by atoms with van der Waals surface area (Å²) in [5.41, 5.74) is 7.58. The molecule has 0 bridgehead atoms. The summed E-state index contributed by atoms with van der Waals surface area (Å²) in [6.45, 7) is 3.76. The van der Waals surface area contributed by atoms with Gasteiger partial charge in [0.1, 0.15) is 0 Å². The van der Waals surface area contributed by atoms with Gasteiger partial charge in [0.15, 0.2) is 0 Å². The van der Waals surface area contributed by atoms with Crippen LogP contribution in [0.25, 0.3) is 0 Å². The molecule has 3 amide bonds. The molecule has 1 unspecified atom stereocenters. The summed E-state index contributed by atoms with van der Waals surface area (Å²) in [5, 5.41) is 5.77. The van der Waals surface area contributed by atoms with Crippen molar-refractivity contribution in [3.8, 4) is 0 Å². The number of nitrogens with zero attached hydrogens (tertiary/aromatic N) is 1. The van der Waals surface area contributed by atoms with Gasteiger partial charge >= 0.3 is 6.03 Å². The Kier molecular flexibility index (Phi) is 7.68. The predicted octanol–water partition coefficient (Wildman–Crippen LogP) is 1.54. The van der Waals surface area contributed by atoms with E-state index in [9.17, 15) is 9.59 Å². The Morgan fingerprint density at radius 3 is 2.78 bits per heavy atom. The number of para-hydroxylation sites is 1. The van der Waals surface area contributed by atoms with E-state index in [0.717, 1.165) is 17.7 Å². The van der Waals surface area contributed by atoms with Gasteiger partial charge in [0, 0.05) is 37.8 Å². The maximum Gasteiger partial charge on any atom is 0.317 e. The van der Waals surface area contributed by atoms with E-state index in [2.05, 4.69) is 10.6 Å². The summed E-state index contributed by atoms with van der Waals surface area (Å²) in [4.78, 5) is 25.5. The van der Waals surface area contributed by atoms with Crippen molar-refractivity contribution in [3.63, 3.8) is 0 Å². The van der Waals surface area contributed by atoms with Crippen LogP contribution in [0.3, 0.4) is 0 Å². The standard InChI is InChI=1S/C16H24N4O2.ClH/c1-2-18-16(22)20-10-9-13(11-20)19-15(21)8-7-12-5-3-4-6-14(12)17;/h3-6,13H,2,7-11,17H2,1H3,(H,18,22)(H,19,21);1H. The molecular formula is C16H25ClN4O2. The number of halogens is 1. The number of carbonyl (C=O) groups is 2. The zero-order valence-corrected chi connectivity index (χ0v) is 14.2. The van der Waals surface area contributed by atoms with E-state index >= 15 is 0 Å². The molecule has 4 N–H and O–H groups in total. The van der Waals surface area contributed by atoms with Gasteiger partial charge in [-0.2, -0.15) is 0 Å². The number of aryl methyl sites for hydroxylation is 1. The fourth-order valence-corrected chi connectivity index (χ4v) is 2.64. The number of anilines is 1. The van der Waals surface area contributed by atoms with Gasteiger partial charge in [-0.15, -0.1) is 12.4 Å². The monoisotopic (exact) mass is 340 g/mol. The van der Waals surface area contributed by atoms with Gasteiger partial charge in [0.05, 0.1) is 0 Å². The van der Waals surface area contributed by atoms with Gasteiger partial charge in [0.2, 0.25) is 5.91 Å². The first-order valence-electron chi connectivity index (χ1n) is 7.75. The molecule has 1 aromatic rings. The molecule has 1 aliphatic heterocycles. The quantitative estimate of drug-likeness (QED) is 0.710. The minimum Gasteiger partial charge on any atom is -0.399 e. The zero-order chi connectivity index (χ0) is 15.9. The lowest BCUT2D eigenvalue weighted by molar-refractivity contribution is -0.121. The summed E-state index contributed by atoms with van der Waals surface area (Å²) in [5.74, 6) is 0.00556. The Labute approximate surface area is 143 Å². The van der Waals surface area contributed by atoms with E-state index in [4.69, 9.17) is 5.73 Å². The molecule has 7 heteroatoms. The number of likely N-dealkylation sites (tertiary alicyclic amines) is 1. The summed E-state index contributed by atoms with van der Waals surface area (Å²) in [6.07, 6.45) is 1.84. The SMILES string of the molecule is CCNC(=O)N1CCC(NC(=O)CCc2ccccc2N)C1.Cl. The molecular weight excluding hydrogens is 316 g/mol. The van der Waals surface area contributed by atoms with Crippen LogP contribution in [0.4, 0.5) is 10.5 Å². The third kappa shape index (κ3) is 5.63. The van der Waals surface area contributed by atoms with Crippen LogP contribution in [-0.2, 0) is 11.2 Å². The number of urea groups is 1. The number of nitrogens with two attached hydrogens (primary N) is 1. The van der Waals surface area contributed by atoms with E-state index in [1.54, 1.807) is 4.90 Å². The van der Waals surface area contributed by atoms with Gasteiger partial charge in [-0.05, 0) is 31.4 Å². The Balaban J connectivity index is 0.00000264. The molecule has 6 nitrogen and oxygen atoms in total. The van der Waals surface area contributed by atoms with Crippen LogP contribution in [-0.4, -0.2) is 42.5 Å². The minimum absolute atomic E-state index is 0. The van der Waals surface area contributed by atoms with Crippen molar-refractivity contribution >= 4 is 30.0 Å². The maximum atomic E-state index is 12.0. The number of nitrogen functional groups attached to an aromatic ring is 1. The summed E-state index contributed by atoms with van der Waals surface area (Å²) >= 11 is 0. The molecule has 0 aromatic heterocycles. The molecule has 0 radical (unpaired) electrons. The lowest BCUT2D eigenvalue weighted by Gasteiger charge is -2.17. The van der Waals surface area contributed by atoms with Crippen LogP contribution in [0.1, 0.15) is 25.3 Å². The molecule has 1 aliphatic rings. The number of nitrogens with one attached hydrogen (secondary N) is 2. The first-order chi connectivity index (χ1) is 10.6. The van der Waals surface area contributed by atoms with Crippen molar-refractivity contribution in [2.24, 2.45) is 0 Å². The van der Waals surface area contributed by atoms with Crippen LogP contribution in [0, 0.1) is 0 Å². The first kappa shape index (κ1) is 19.1. The fourth-order valence-electron chi connectivity index (χ4n) is 2.64. The van der Waals surface area contributed by atoms with Gasteiger partial charge < -0.3 is 21.3 Å². The average molecular weight is 341 g/mol. The number of hydrogen-bond acceptors (Lipinski definition) is 3. The molecule has 1 atom stereocenters. The van der Waals surface area contributed by atoms with Crippen LogP contribution >= 0.6 is 12.4 Å². The molecule has 0 aliphatic carbocycles. The lowest BCUT2D eigenvalue weighted by atomic mass is 10.1. The molecule has 1 aromatic carbocycles. The molecule has 0 saturated carbocycles. The lowest BCUT2D eigenvalue weighted by Crippen LogP contribution is -2.42. The molecule has 1 heterocycles. The van der Waals surface area contributed by atoms with Gasteiger partial charge in [-0.25, -0.2) is 4.79 Å². The Hall–Kier alpha value is -1.95. The Bertz CT molecular complexity index is 539. The second-order valence-corrected chi connectivity index (χ2v) is 5.53. The van der Waals surface area contributed by atoms with Gasteiger partial charge in [-0.3, -0.25) is 4.79 Å². The molecule has 0 spiro atoms. The van der Waals surface area contributed by atoms with Crippen molar-refractivity contribution < 1.29 is 9.59 Å². The highest BCUT2D eigenvalue weighted by Gasteiger charge is 2.26. The number of benzene rings is 1. The highest BCUT2D eigenvalue weighted by molar-refractivity contribution is 5.85. The average Bonchev–Trinajstić information content (AvgIpc) is 2.95. The van der Waals surface area contributed by atoms with Crippen molar-refractivity contribution in [2.45, 2.75) is 32.2 Å². The molecule has 23 heavy (non-hydrogen) atoms. The highest BCUT2D eigenvalue weighted by atomic mass is 35.5. The van der Waals surface area contributed by atoms with E-state index in [1.165, 1.54) is 0 Å². The third-order valence-electron chi connectivity index (χ3n) is 3.85. The second-order valence-electron chi connectivity index (χ2n) is 5.53. The summed E-state index contributed by atoms with van der Waals surface area (Å²) in [6, 6.07) is 7.57. The molecule has 128 valence electrons. The fraction of sp³-hybridized carbons (Fsp3) is 0.500. The van der Waals surface area contributed by atoms with Crippen molar-refractivity contribution in [3.05, 3.63) is 29.8 Å². The van der Waals surface area contributed by atoms with Crippen molar-refractivity contribution in [1.29, 1.82) is 0 Å². The third-order valence-corrected chi connectivity index (χ3v) is 3.85. The summed E-state index contributed by atoms with van der Waals surface area (Å²) in [7, 11) is 0. The highest BCUT2D eigenvalue weighted by Crippen LogP contribution is 2.13. The van der Waals surface area contributed by atoms with Crippen LogP contribution in [0.2, 0.25) is 0 Å². The van der Waals surface area contributed by atoms with E-state index < -0.39 is 0 Å². The van der Waals surface area contributed by atoms with Crippen molar-refractivity contribution in [2.75, 3.05) is 25.4 Å². The van der Waals surface area contributed by atoms with Crippen LogP contribution in [0.5, 0.6) is 0 Å². The Morgan fingerprint density at radius 1 is 1.35 bits per heavy atom. The Morgan fingerprint density at radius 2 is 2.09 bits per heavy atom. The number of rotatable bonds is 5. The van der Waals surface area contributed by atoms with Gasteiger partial charge in [-0.1, -0.05) is 18.2 Å². The van der Waals surface area contributed by atoms with Gasteiger partial charge in [0.25, 0.3) is 0 Å². The molecule has 2 rings (SSSR count). The van der Waals surface area contributed by atoms with E-state index in [1.807, 2.05) is 31.2 Å². The number of amides is 3. The topological polar surface area (TPSA) is 87.5 Å². The smallest absolute Gasteiger partial charge is 0.317 e. The van der Waals surface area contributed by atoms with E-state index in [-0.39, 0.29) is 30.4 Å². The summed E-state index contributed by atoms with van der Waals surface area (Å²) < 4.78 is 0. The largest absolute Gasteiger partial charge is 0.399 e. The van der Waals surface area contributed by atoms with Crippen molar-refractivity contribution in [1.82, 2.24) is 15.5 Å². The molecule has 1 saturated heterocycles. The predicted molar refractivity (Wildman–Crippen MR) is 93.6 cm³/mol. The maximum absolute atomic E-state index is 12.0. The minimum atomic E-state index is -0.0590. The second kappa shape index (κ2) is 9.25. The zero-order valence-electron chi connectivity index (χ0n) is 13.4. The van der Waals surface area contributed by atoms with Crippen LogP contribution in [0.15, 0.2) is 24.3 Å². The number of carbonyl (C=O) groups excluding carboxylic acids is 2.